The summed E-state index contributed by atoms with van der Waals surface area (Å²) in [6.07, 6.45) is 0. The molecule has 0 radical (unpaired) electrons. The van der Waals surface area contributed by atoms with E-state index in [1.807, 2.05) is 97.1 Å². The highest BCUT2D eigenvalue weighted by molar-refractivity contribution is 6.30. The van der Waals surface area contributed by atoms with Crippen molar-refractivity contribution in [1.82, 2.24) is 0 Å². The van der Waals surface area contributed by atoms with E-state index in [-0.39, 0.29) is 19.0 Å². The maximum absolute atomic E-state index is 13.2. The lowest BCUT2D eigenvalue weighted by molar-refractivity contribution is 0.0917. The highest BCUT2D eigenvalue weighted by atomic mass is 35.5. The first-order valence-corrected chi connectivity index (χ1v) is 13.5. The third-order valence-electron chi connectivity index (χ3n) is 6.16. The molecular weight excluding hydrogens is 543 g/mol. The van der Waals surface area contributed by atoms with E-state index < -0.39 is 0 Å². The lowest BCUT2D eigenvalue weighted by atomic mass is 10.1. The summed E-state index contributed by atoms with van der Waals surface area (Å²) in [5, 5.41) is 1.25. The summed E-state index contributed by atoms with van der Waals surface area (Å²) >= 11 is 12.2. The normalized spacial score (nSPS) is 10.7. The Labute approximate surface area is 243 Å². The molecule has 0 aliphatic rings. The molecule has 0 aromatic heterocycles. The molecule has 0 atom stereocenters. The van der Waals surface area contributed by atoms with Crippen LogP contribution in [0.5, 0.6) is 17.2 Å². The van der Waals surface area contributed by atoms with Crippen LogP contribution in [-0.4, -0.2) is 12.4 Å². The average molecular weight is 569 g/mol. The van der Waals surface area contributed by atoms with Crippen molar-refractivity contribution >= 4 is 29.0 Å². The molecule has 0 N–H and O–H groups in total. The molecule has 0 fully saturated rings. The van der Waals surface area contributed by atoms with Gasteiger partial charge in [-0.3, -0.25) is 4.79 Å². The number of rotatable bonds is 11. The van der Waals surface area contributed by atoms with Gasteiger partial charge in [0.2, 0.25) is 5.78 Å². The lowest BCUT2D eigenvalue weighted by Gasteiger charge is -2.14. The molecule has 0 saturated heterocycles. The predicted molar refractivity (Wildman–Crippen MR) is 160 cm³/mol. The average Bonchev–Trinajstić information content (AvgIpc) is 2.98. The van der Waals surface area contributed by atoms with Crippen molar-refractivity contribution in [3.63, 3.8) is 0 Å². The Balaban J connectivity index is 1.29. The van der Waals surface area contributed by atoms with Crippen molar-refractivity contribution in [3.05, 3.63) is 148 Å². The zero-order chi connectivity index (χ0) is 27.7. The summed E-state index contributed by atoms with van der Waals surface area (Å²) in [4.78, 5) is 13.2. The van der Waals surface area contributed by atoms with Gasteiger partial charge >= 0.3 is 0 Å². The summed E-state index contributed by atoms with van der Waals surface area (Å²) < 4.78 is 17.9. The summed E-state index contributed by atoms with van der Waals surface area (Å²) in [6.45, 7) is 0.422. The van der Waals surface area contributed by atoms with Crippen LogP contribution in [0.2, 0.25) is 10.0 Å². The summed E-state index contributed by atoms with van der Waals surface area (Å²) in [7, 11) is 0. The SMILES string of the molecule is O=C(COc1ccc(-c2ccccc2)cc1)c1ccc(OCc2cccc(Cl)c2)cc1OCc1cccc(Cl)c1. The Hall–Kier alpha value is -4.25. The minimum atomic E-state index is -0.213. The van der Waals surface area contributed by atoms with Crippen molar-refractivity contribution in [3.8, 4) is 28.4 Å². The van der Waals surface area contributed by atoms with Crippen LogP contribution >= 0.6 is 23.2 Å². The van der Waals surface area contributed by atoms with E-state index in [2.05, 4.69) is 0 Å². The second-order valence-electron chi connectivity index (χ2n) is 9.10. The molecular formula is C34H26Cl2O4. The Morgan fingerprint density at radius 3 is 1.80 bits per heavy atom. The maximum Gasteiger partial charge on any atom is 0.203 e. The summed E-state index contributed by atoms with van der Waals surface area (Å²) in [6, 6.07) is 37.8. The molecule has 0 saturated carbocycles. The number of Topliss-reactive ketones (excluding diaryl/α,β-unsaturated/α-hetero) is 1. The van der Waals surface area contributed by atoms with E-state index in [0.29, 0.717) is 39.5 Å². The highest BCUT2D eigenvalue weighted by Crippen LogP contribution is 2.28. The molecule has 4 nitrogen and oxygen atoms in total. The van der Waals surface area contributed by atoms with Gasteiger partial charge in [0, 0.05) is 16.1 Å². The third kappa shape index (κ3) is 7.44. The Kier molecular flexibility index (Phi) is 9.02. The smallest absolute Gasteiger partial charge is 0.203 e. The van der Waals surface area contributed by atoms with Crippen LogP contribution in [0.3, 0.4) is 0 Å². The minimum absolute atomic E-state index is 0.138. The largest absolute Gasteiger partial charge is 0.489 e. The molecule has 0 unspecified atom stereocenters. The van der Waals surface area contributed by atoms with E-state index in [0.717, 1.165) is 22.3 Å². The van der Waals surface area contributed by atoms with Gasteiger partial charge in [0.1, 0.15) is 30.5 Å². The Bertz CT molecular complexity index is 1580. The lowest BCUT2D eigenvalue weighted by Crippen LogP contribution is -2.13. The highest BCUT2D eigenvalue weighted by Gasteiger charge is 2.16. The van der Waals surface area contributed by atoms with Crippen LogP contribution in [0.4, 0.5) is 0 Å². The van der Waals surface area contributed by atoms with Crippen LogP contribution in [0.1, 0.15) is 21.5 Å². The van der Waals surface area contributed by atoms with Gasteiger partial charge < -0.3 is 14.2 Å². The maximum atomic E-state index is 13.2. The van der Waals surface area contributed by atoms with Crippen LogP contribution in [0, 0.1) is 0 Å². The van der Waals surface area contributed by atoms with Crippen LogP contribution in [0.15, 0.2) is 121 Å². The third-order valence-corrected chi connectivity index (χ3v) is 6.63. The second kappa shape index (κ2) is 13.2. The Morgan fingerprint density at radius 1 is 0.550 bits per heavy atom. The van der Waals surface area contributed by atoms with Crippen molar-refractivity contribution < 1.29 is 19.0 Å². The number of hydrogen-bond donors (Lipinski definition) is 0. The zero-order valence-corrected chi connectivity index (χ0v) is 23.1. The molecule has 0 amide bonds. The number of benzene rings is 5. The van der Waals surface area contributed by atoms with E-state index >= 15 is 0 Å². The van der Waals surface area contributed by atoms with Crippen LogP contribution < -0.4 is 14.2 Å². The van der Waals surface area contributed by atoms with Gasteiger partial charge in [0.25, 0.3) is 0 Å². The van der Waals surface area contributed by atoms with Gasteiger partial charge in [0.15, 0.2) is 6.61 Å². The van der Waals surface area contributed by atoms with Crippen molar-refractivity contribution in [2.45, 2.75) is 13.2 Å². The first-order chi connectivity index (χ1) is 19.5. The quantitative estimate of drug-likeness (QED) is 0.149. The van der Waals surface area contributed by atoms with Crippen molar-refractivity contribution in [1.29, 1.82) is 0 Å². The fraction of sp³-hybridized carbons (Fsp3) is 0.0882. The number of hydrogen-bond acceptors (Lipinski definition) is 4. The molecule has 0 spiro atoms. The van der Waals surface area contributed by atoms with Gasteiger partial charge in [-0.05, 0) is 70.8 Å². The van der Waals surface area contributed by atoms with Gasteiger partial charge in [-0.25, -0.2) is 0 Å². The Morgan fingerprint density at radius 2 is 1.15 bits per heavy atom. The molecule has 0 heterocycles. The molecule has 0 aliphatic carbocycles. The van der Waals surface area contributed by atoms with Crippen LogP contribution in [0.25, 0.3) is 11.1 Å². The summed E-state index contributed by atoms with van der Waals surface area (Å²) in [5.74, 6) is 1.36. The van der Waals surface area contributed by atoms with E-state index in [4.69, 9.17) is 37.4 Å². The van der Waals surface area contributed by atoms with Gasteiger partial charge in [-0.2, -0.15) is 0 Å². The van der Waals surface area contributed by atoms with Crippen molar-refractivity contribution in [2.24, 2.45) is 0 Å². The molecule has 40 heavy (non-hydrogen) atoms. The minimum Gasteiger partial charge on any atom is -0.489 e. The van der Waals surface area contributed by atoms with Gasteiger partial charge in [0.05, 0.1) is 5.56 Å². The molecule has 200 valence electrons. The molecule has 5 rings (SSSR count). The predicted octanol–water partition coefficient (Wildman–Crippen LogP) is 9.08. The van der Waals surface area contributed by atoms with Crippen molar-refractivity contribution in [2.75, 3.05) is 6.61 Å². The standard InChI is InChI=1S/C34H26Cl2O4/c35-28-10-4-6-24(18-28)21-38-31-16-17-32(34(20-31)40-22-25-7-5-11-29(36)19-25)33(37)23-39-30-14-12-27(13-15-30)26-8-2-1-3-9-26/h1-20H,21-23H2. The molecule has 5 aromatic carbocycles. The van der Waals surface area contributed by atoms with E-state index in [1.54, 1.807) is 24.3 Å². The number of carbonyl (C=O) groups is 1. The number of ether oxygens (including phenoxy) is 3. The molecule has 5 aromatic rings. The topological polar surface area (TPSA) is 44.8 Å². The van der Waals surface area contributed by atoms with Crippen LogP contribution in [-0.2, 0) is 13.2 Å². The fourth-order valence-corrected chi connectivity index (χ4v) is 4.55. The second-order valence-corrected chi connectivity index (χ2v) is 9.97. The zero-order valence-electron chi connectivity index (χ0n) is 21.6. The number of carbonyl (C=O) groups excluding carboxylic acids is 1. The first kappa shape index (κ1) is 27.3. The molecule has 0 aliphatic heterocycles. The van der Waals surface area contributed by atoms with Gasteiger partial charge in [-0.1, -0.05) is 89.9 Å². The summed E-state index contributed by atoms with van der Waals surface area (Å²) in [5.41, 5.74) is 4.40. The first-order valence-electron chi connectivity index (χ1n) is 12.7. The molecule has 6 heteroatoms. The van der Waals surface area contributed by atoms with Gasteiger partial charge in [-0.15, -0.1) is 0 Å². The monoisotopic (exact) mass is 568 g/mol. The van der Waals surface area contributed by atoms with E-state index in [9.17, 15) is 4.79 Å². The number of ketones is 1. The fourth-order valence-electron chi connectivity index (χ4n) is 4.12. The number of halogens is 2. The van der Waals surface area contributed by atoms with E-state index in [1.165, 1.54) is 0 Å². The molecule has 0 bridgehead atoms.